The van der Waals surface area contributed by atoms with E-state index in [-0.39, 0.29) is 43.1 Å². The Morgan fingerprint density at radius 2 is 1.50 bits per heavy atom. The zero-order chi connectivity index (χ0) is 19.1. The van der Waals surface area contributed by atoms with Crippen LogP contribution in [0.25, 0.3) is 0 Å². The standard InChI is InChI=1S/C6H8O3.C4H4O3.C4H8O2.C2H6/c1-2-4-3-5(7)9-6(4)8;5-3-1-2-4(6)7-3;1-3-4(5)6-2;1-2/h4H,2-3H2,1H3;1-2H2;3H2,1-2H3;1-2H3. The summed E-state index contributed by atoms with van der Waals surface area (Å²) in [5, 5.41) is 0. The van der Waals surface area contributed by atoms with Gasteiger partial charge in [-0.05, 0) is 6.42 Å². The van der Waals surface area contributed by atoms with Crippen molar-refractivity contribution in [3.05, 3.63) is 0 Å². The fraction of sp³-hybridized carbons (Fsp3) is 0.688. The fourth-order valence-corrected chi connectivity index (χ4v) is 1.41. The third-order valence-corrected chi connectivity index (χ3v) is 2.73. The molecule has 2 fully saturated rings. The van der Waals surface area contributed by atoms with E-state index in [4.69, 9.17) is 0 Å². The number of hydrogen-bond acceptors (Lipinski definition) is 8. The SMILES string of the molecule is CC.CCC(=O)OC.CCC1CC(=O)OC1=O.O=C1CCC(=O)O1. The quantitative estimate of drug-likeness (QED) is 0.423. The highest BCUT2D eigenvalue weighted by atomic mass is 16.6. The summed E-state index contributed by atoms with van der Waals surface area (Å²) < 4.78 is 12.6. The molecule has 138 valence electrons. The van der Waals surface area contributed by atoms with Crippen LogP contribution >= 0.6 is 0 Å². The zero-order valence-electron chi connectivity index (χ0n) is 14.9. The van der Waals surface area contributed by atoms with E-state index in [1.807, 2.05) is 20.8 Å². The van der Waals surface area contributed by atoms with Crippen LogP contribution in [0.1, 0.15) is 59.8 Å². The molecule has 24 heavy (non-hydrogen) atoms. The van der Waals surface area contributed by atoms with Crippen molar-refractivity contribution in [2.24, 2.45) is 5.92 Å². The molecule has 0 radical (unpaired) electrons. The topological polar surface area (TPSA) is 113 Å². The summed E-state index contributed by atoms with van der Waals surface area (Å²) in [6.07, 6.45) is 1.97. The average Bonchev–Trinajstić information content (AvgIpc) is 3.12. The minimum atomic E-state index is -0.398. The lowest BCUT2D eigenvalue weighted by molar-refractivity contribution is -0.154. The number of cyclic esters (lactones) is 4. The fourth-order valence-electron chi connectivity index (χ4n) is 1.41. The van der Waals surface area contributed by atoms with Crippen molar-refractivity contribution in [3.8, 4) is 0 Å². The van der Waals surface area contributed by atoms with Gasteiger partial charge in [-0.1, -0.05) is 27.7 Å². The third-order valence-electron chi connectivity index (χ3n) is 2.73. The molecule has 0 amide bonds. The molecule has 1 atom stereocenters. The van der Waals surface area contributed by atoms with Crippen LogP contribution in [0, 0.1) is 5.92 Å². The van der Waals surface area contributed by atoms with E-state index >= 15 is 0 Å². The molecule has 2 saturated heterocycles. The highest BCUT2D eigenvalue weighted by Crippen LogP contribution is 2.18. The third kappa shape index (κ3) is 11.3. The van der Waals surface area contributed by atoms with Crippen molar-refractivity contribution in [2.45, 2.75) is 59.8 Å². The van der Waals surface area contributed by atoms with Crippen LogP contribution in [-0.2, 0) is 38.2 Å². The molecule has 0 aromatic heterocycles. The van der Waals surface area contributed by atoms with Gasteiger partial charge in [-0.2, -0.15) is 0 Å². The number of esters is 5. The summed E-state index contributed by atoms with van der Waals surface area (Å²) in [6.45, 7) is 7.62. The normalized spacial score (nSPS) is 18.0. The molecule has 0 aromatic carbocycles. The number of rotatable bonds is 2. The lowest BCUT2D eigenvalue weighted by Gasteiger charge is -1.93. The van der Waals surface area contributed by atoms with E-state index in [1.165, 1.54) is 7.11 Å². The Balaban J connectivity index is 0. The smallest absolute Gasteiger partial charge is 0.317 e. The zero-order valence-corrected chi connectivity index (χ0v) is 14.9. The van der Waals surface area contributed by atoms with E-state index in [9.17, 15) is 24.0 Å². The number of ether oxygens (including phenoxy) is 3. The van der Waals surface area contributed by atoms with Crippen LogP contribution in [0.4, 0.5) is 0 Å². The molecule has 1 unspecified atom stereocenters. The van der Waals surface area contributed by atoms with Gasteiger partial charge in [0, 0.05) is 6.42 Å². The first-order valence-corrected chi connectivity index (χ1v) is 7.88. The van der Waals surface area contributed by atoms with Gasteiger partial charge in [-0.3, -0.25) is 24.0 Å². The molecule has 8 nitrogen and oxygen atoms in total. The van der Waals surface area contributed by atoms with E-state index < -0.39 is 11.9 Å². The lowest BCUT2D eigenvalue weighted by atomic mass is 10.1. The van der Waals surface area contributed by atoms with Gasteiger partial charge < -0.3 is 14.2 Å². The Morgan fingerprint density at radius 1 is 1.00 bits per heavy atom. The Labute approximate surface area is 141 Å². The largest absolute Gasteiger partial charge is 0.469 e. The summed E-state index contributed by atoms with van der Waals surface area (Å²) in [6, 6.07) is 0. The van der Waals surface area contributed by atoms with Crippen molar-refractivity contribution in [1.29, 1.82) is 0 Å². The van der Waals surface area contributed by atoms with Gasteiger partial charge in [-0.25, -0.2) is 0 Å². The van der Waals surface area contributed by atoms with Gasteiger partial charge in [0.15, 0.2) is 0 Å². The molecule has 2 heterocycles. The first-order valence-electron chi connectivity index (χ1n) is 7.88. The number of carbonyl (C=O) groups excluding carboxylic acids is 5. The maximum atomic E-state index is 10.6. The molecule has 2 aliphatic heterocycles. The summed E-state index contributed by atoms with van der Waals surface area (Å²) >= 11 is 0. The predicted octanol–water partition coefficient (Wildman–Crippen LogP) is 1.93. The van der Waals surface area contributed by atoms with Gasteiger partial charge in [0.2, 0.25) is 0 Å². The lowest BCUT2D eigenvalue weighted by Crippen LogP contribution is -2.04. The Morgan fingerprint density at radius 3 is 1.62 bits per heavy atom. The summed E-state index contributed by atoms with van der Waals surface area (Å²) in [5.74, 6) is -1.86. The second kappa shape index (κ2) is 14.3. The van der Waals surface area contributed by atoms with Crippen molar-refractivity contribution in [1.82, 2.24) is 0 Å². The number of methoxy groups -OCH3 is 1. The first kappa shape index (κ1) is 24.0. The molecule has 0 aromatic rings. The molecule has 0 bridgehead atoms. The predicted molar refractivity (Wildman–Crippen MR) is 83.5 cm³/mol. The van der Waals surface area contributed by atoms with Crippen LogP contribution in [0.3, 0.4) is 0 Å². The van der Waals surface area contributed by atoms with Crippen LogP contribution in [0.2, 0.25) is 0 Å². The van der Waals surface area contributed by atoms with Crippen molar-refractivity contribution >= 4 is 29.8 Å². The molecule has 0 N–H and O–H groups in total. The highest BCUT2D eigenvalue weighted by molar-refractivity contribution is 5.94. The molecule has 0 saturated carbocycles. The average molecular weight is 346 g/mol. The van der Waals surface area contributed by atoms with Crippen molar-refractivity contribution in [2.75, 3.05) is 7.11 Å². The van der Waals surface area contributed by atoms with Crippen LogP contribution < -0.4 is 0 Å². The molecular weight excluding hydrogens is 320 g/mol. The van der Waals surface area contributed by atoms with Crippen LogP contribution in [0.5, 0.6) is 0 Å². The van der Waals surface area contributed by atoms with E-state index in [1.54, 1.807) is 6.92 Å². The van der Waals surface area contributed by atoms with Gasteiger partial charge in [0.1, 0.15) is 0 Å². The number of hydrogen-bond donors (Lipinski definition) is 0. The molecule has 2 aliphatic rings. The van der Waals surface area contributed by atoms with E-state index in [2.05, 4.69) is 14.2 Å². The summed E-state index contributed by atoms with van der Waals surface area (Å²) in [7, 11) is 1.38. The molecule has 0 spiro atoms. The van der Waals surface area contributed by atoms with Gasteiger partial charge in [0.25, 0.3) is 0 Å². The Hall–Kier alpha value is -2.25. The maximum Gasteiger partial charge on any atom is 0.317 e. The first-order chi connectivity index (χ1) is 11.3. The van der Waals surface area contributed by atoms with Gasteiger partial charge >= 0.3 is 29.8 Å². The van der Waals surface area contributed by atoms with E-state index in [0.717, 1.165) is 0 Å². The molecule has 2 rings (SSSR count). The molecule has 8 heteroatoms. The van der Waals surface area contributed by atoms with Crippen LogP contribution in [0.15, 0.2) is 0 Å². The highest BCUT2D eigenvalue weighted by Gasteiger charge is 2.31. The molecular formula is C16H26O8. The van der Waals surface area contributed by atoms with Crippen molar-refractivity contribution < 1.29 is 38.2 Å². The second-order valence-electron chi connectivity index (χ2n) is 4.38. The number of carbonyl (C=O) groups is 5. The maximum absolute atomic E-state index is 10.6. The Kier molecular flexibility index (Phi) is 14.4. The minimum Gasteiger partial charge on any atom is -0.469 e. The van der Waals surface area contributed by atoms with Gasteiger partial charge in [0.05, 0.1) is 32.3 Å². The molecule has 0 aliphatic carbocycles. The summed E-state index contributed by atoms with van der Waals surface area (Å²) in [5.41, 5.74) is 0. The Bertz CT molecular complexity index is 421. The second-order valence-corrected chi connectivity index (χ2v) is 4.38. The van der Waals surface area contributed by atoms with E-state index in [0.29, 0.717) is 12.8 Å². The minimum absolute atomic E-state index is 0.157. The van der Waals surface area contributed by atoms with Gasteiger partial charge in [-0.15, -0.1) is 0 Å². The monoisotopic (exact) mass is 346 g/mol. The van der Waals surface area contributed by atoms with Crippen molar-refractivity contribution in [3.63, 3.8) is 0 Å². The van der Waals surface area contributed by atoms with Crippen LogP contribution in [-0.4, -0.2) is 37.0 Å². The summed E-state index contributed by atoms with van der Waals surface area (Å²) in [4.78, 5) is 50.9.